The molecule has 1 amide bonds. The molecule has 138 valence electrons. The van der Waals surface area contributed by atoms with Crippen molar-refractivity contribution in [3.05, 3.63) is 47.5 Å². The summed E-state index contributed by atoms with van der Waals surface area (Å²) in [4.78, 5) is 26.3. The van der Waals surface area contributed by atoms with Gasteiger partial charge in [0.1, 0.15) is 11.5 Å². The Balaban J connectivity index is 1.72. The molecule has 0 N–H and O–H groups in total. The molecule has 2 heterocycles. The smallest absolute Gasteiger partial charge is 0.309 e. The maximum absolute atomic E-state index is 14.0. The van der Waals surface area contributed by atoms with Crippen LogP contribution in [0.25, 0.3) is 5.69 Å². The van der Waals surface area contributed by atoms with Crippen LogP contribution in [-0.4, -0.2) is 46.3 Å². The number of likely N-dealkylation sites (tertiary alicyclic amines) is 1. The molecular formula is C19H22FN3O3. The average molecular weight is 359 g/mol. The van der Waals surface area contributed by atoms with Crippen LogP contribution in [0.1, 0.15) is 35.8 Å². The molecule has 7 heteroatoms. The number of ether oxygens (including phenoxy) is 1. The number of carbonyl (C=O) groups is 2. The molecular weight excluding hydrogens is 337 g/mol. The van der Waals surface area contributed by atoms with Gasteiger partial charge in [-0.2, -0.15) is 5.10 Å². The Labute approximate surface area is 151 Å². The highest BCUT2D eigenvalue weighted by Crippen LogP contribution is 2.23. The lowest BCUT2D eigenvalue weighted by molar-refractivity contribution is -0.149. The van der Waals surface area contributed by atoms with Gasteiger partial charge in [-0.25, -0.2) is 9.07 Å². The van der Waals surface area contributed by atoms with Crippen molar-refractivity contribution in [2.75, 3.05) is 19.7 Å². The van der Waals surface area contributed by atoms with Gasteiger partial charge in [-0.1, -0.05) is 12.1 Å². The summed E-state index contributed by atoms with van der Waals surface area (Å²) >= 11 is 0. The second kappa shape index (κ2) is 7.68. The van der Waals surface area contributed by atoms with Crippen LogP contribution in [0.5, 0.6) is 0 Å². The zero-order valence-electron chi connectivity index (χ0n) is 14.9. The summed E-state index contributed by atoms with van der Waals surface area (Å²) in [6.07, 6.45) is 2.65. The summed E-state index contributed by atoms with van der Waals surface area (Å²) < 4.78 is 20.5. The Morgan fingerprint density at radius 1 is 1.27 bits per heavy atom. The van der Waals surface area contributed by atoms with Crippen LogP contribution in [-0.2, 0) is 9.53 Å². The third kappa shape index (κ3) is 3.47. The van der Waals surface area contributed by atoms with Gasteiger partial charge in [-0.15, -0.1) is 0 Å². The number of amides is 1. The second-order valence-electron chi connectivity index (χ2n) is 6.33. The summed E-state index contributed by atoms with van der Waals surface area (Å²) in [5, 5.41) is 4.19. The Morgan fingerprint density at radius 3 is 2.62 bits per heavy atom. The van der Waals surface area contributed by atoms with E-state index in [-0.39, 0.29) is 17.8 Å². The minimum absolute atomic E-state index is 0.146. The average Bonchev–Trinajstić information content (AvgIpc) is 3.03. The molecule has 0 spiro atoms. The van der Waals surface area contributed by atoms with Crippen molar-refractivity contribution in [3.63, 3.8) is 0 Å². The van der Waals surface area contributed by atoms with Crippen LogP contribution < -0.4 is 0 Å². The number of esters is 1. The van der Waals surface area contributed by atoms with Crippen molar-refractivity contribution < 1.29 is 18.7 Å². The van der Waals surface area contributed by atoms with Gasteiger partial charge in [-0.3, -0.25) is 9.59 Å². The van der Waals surface area contributed by atoms with E-state index in [4.69, 9.17) is 4.74 Å². The van der Waals surface area contributed by atoms with E-state index in [1.807, 2.05) is 0 Å². The molecule has 1 aromatic carbocycles. The lowest BCUT2D eigenvalue weighted by Crippen LogP contribution is -2.40. The molecule has 26 heavy (non-hydrogen) atoms. The predicted molar refractivity (Wildman–Crippen MR) is 93.5 cm³/mol. The van der Waals surface area contributed by atoms with E-state index < -0.39 is 5.82 Å². The van der Waals surface area contributed by atoms with Gasteiger partial charge in [0.25, 0.3) is 5.91 Å². The van der Waals surface area contributed by atoms with Gasteiger partial charge >= 0.3 is 5.97 Å². The van der Waals surface area contributed by atoms with Gasteiger partial charge in [0, 0.05) is 13.1 Å². The fraction of sp³-hybridized carbons (Fsp3) is 0.421. The number of aromatic nitrogens is 2. The van der Waals surface area contributed by atoms with Gasteiger partial charge in [0.15, 0.2) is 0 Å². The predicted octanol–water partition coefficient (Wildman–Crippen LogP) is 2.74. The first-order chi connectivity index (χ1) is 12.5. The molecule has 3 rings (SSSR count). The molecule has 1 aliphatic rings. The van der Waals surface area contributed by atoms with Gasteiger partial charge in [0.05, 0.1) is 30.0 Å². The van der Waals surface area contributed by atoms with Gasteiger partial charge < -0.3 is 9.64 Å². The molecule has 0 aliphatic carbocycles. The number of halogens is 1. The fourth-order valence-electron chi connectivity index (χ4n) is 3.23. The van der Waals surface area contributed by atoms with Crippen LogP contribution in [0.3, 0.4) is 0 Å². The van der Waals surface area contributed by atoms with Gasteiger partial charge in [-0.05, 0) is 38.8 Å². The summed E-state index contributed by atoms with van der Waals surface area (Å²) in [6.45, 7) is 4.89. The molecule has 6 nitrogen and oxygen atoms in total. The van der Waals surface area contributed by atoms with E-state index in [0.29, 0.717) is 49.5 Å². The van der Waals surface area contributed by atoms with Crippen molar-refractivity contribution in [1.29, 1.82) is 0 Å². The third-order valence-electron chi connectivity index (χ3n) is 4.72. The molecule has 0 atom stereocenters. The minimum Gasteiger partial charge on any atom is -0.466 e. The monoisotopic (exact) mass is 359 g/mol. The standard InChI is InChI=1S/C19H22FN3O3/c1-3-26-19(25)14-8-10-22(11-9-14)18(24)15-12-21-23(13(15)2)17-7-5-4-6-16(17)20/h4-7,12,14H,3,8-11H2,1-2H3. The molecule has 1 aromatic heterocycles. The lowest BCUT2D eigenvalue weighted by atomic mass is 9.96. The van der Waals surface area contributed by atoms with E-state index in [1.54, 1.807) is 36.9 Å². The van der Waals surface area contributed by atoms with Crippen molar-refractivity contribution in [3.8, 4) is 5.69 Å². The number of benzene rings is 1. The second-order valence-corrected chi connectivity index (χ2v) is 6.33. The van der Waals surface area contributed by atoms with Crippen LogP contribution in [0.2, 0.25) is 0 Å². The Hall–Kier alpha value is -2.70. The Bertz CT molecular complexity index is 810. The van der Waals surface area contributed by atoms with Gasteiger partial charge in [0.2, 0.25) is 0 Å². The SMILES string of the molecule is CCOC(=O)C1CCN(C(=O)c2cnn(-c3ccccc3F)c2C)CC1. The number of para-hydroxylation sites is 1. The van der Waals surface area contributed by atoms with Crippen molar-refractivity contribution in [2.45, 2.75) is 26.7 Å². The summed E-state index contributed by atoms with van der Waals surface area (Å²) in [6, 6.07) is 6.31. The van der Waals surface area contributed by atoms with E-state index in [2.05, 4.69) is 5.10 Å². The number of piperidine rings is 1. The highest BCUT2D eigenvalue weighted by atomic mass is 19.1. The van der Waals surface area contributed by atoms with Crippen LogP contribution >= 0.6 is 0 Å². The summed E-state index contributed by atoms with van der Waals surface area (Å²) in [5.41, 5.74) is 1.35. The molecule has 0 bridgehead atoms. The molecule has 0 radical (unpaired) electrons. The highest BCUT2D eigenvalue weighted by Gasteiger charge is 2.30. The number of hydrogen-bond donors (Lipinski definition) is 0. The normalized spacial score (nSPS) is 15.1. The van der Waals surface area contributed by atoms with Crippen molar-refractivity contribution in [2.24, 2.45) is 5.92 Å². The largest absolute Gasteiger partial charge is 0.466 e. The van der Waals surface area contributed by atoms with E-state index in [9.17, 15) is 14.0 Å². The van der Waals surface area contributed by atoms with E-state index in [1.165, 1.54) is 16.9 Å². The Kier molecular flexibility index (Phi) is 5.35. The number of hydrogen-bond acceptors (Lipinski definition) is 4. The third-order valence-corrected chi connectivity index (χ3v) is 4.72. The summed E-state index contributed by atoms with van der Waals surface area (Å²) in [7, 11) is 0. The minimum atomic E-state index is -0.395. The molecule has 1 saturated heterocycles. The topological polar surface area (TPSA) is 64.4 Å². The van der Waals surface area contributed by atoms with Crippen LogP contribution in [0.4, 0.5) is 4.39 Å². The lowest BCUT2D eigenvalue weighted by Gasteiger charge is -2.30. The first kappa shape index (κ1) is 18.1. The maximum Gasteiger partial charge on any atom is 0.309 e. The zero-order chi connectivity index (χ0) is 18.7. The summed E-state index contributed by atoms with van der Waals surface area (Å²) in [5.74, 6) is -0.885. The highest BCUT2D eigenvalue weighted by molar-refractivity contribution is 5.95. The number of carbonyl (C=O) groups excluding carboxylic acids is 2. The van der Waals surface area contributed by atoms with E-state index in [0.717, 1.165) is 0 Å². The quantitative estimate of drug-likeness (QED) is 0.788. The molecule has 1 aliphatic heterocycles. The Morgan fingerprint density at radius 2 is 1.96 bits per heavy atom. The zero-order valence-corrected chi connectivity index (χ0v) is 14.9. The molecule has 2 aromatic rings. The fourth-order valence-corrected chi connectivity index (χ4v) is 3.23. The molecule has 0 unspecified atom stereocenters. The van der Waals surface area contributed by atoms with Crippen LogP contribution in [0, 0.1) is 18.7 Å². The van der Waals surface area contributed by atoms with Crippen molar-refractivity contribution >= 4 is 11.9 Å². The van der Waals surface area contributed by atoms with E-state index >= 15 is 0 Å². The molecule has 0 saturated carbocycles. The molecule has 1 fully saturated rings. The van der Waals surface area contributed by atoms with Crippen LogP contribution in [0.15, 0.2) is 30.5 Å². The number of rotatable bonds is 4. The van der Waals surface area contributed by atoms with Crippen molar-refractivity contribution in [1.82, 2.24) is 14.7 Å². The maximum atomic E-state index is 14.0. The number of nitrogens with zero attached hydrogens (tertiary/aromatic N) is 3. The first-order valence-electron chi connectivity index (χ1n) is 8.78. The first-order valence-corrected chi connectivity index (χ1v) is 8.78.